The highest BCUT2D eigenvalue weighted by molar-refractivity contribution is 8.13. The molecule has 0 saturated heterocycles. The van der Waals surface area contributed by atoms with Crippen molar-refractivity contribution in [3.05, 3.63) is 24.0 Å². The molecule has 1 aromatic carbocycles. The van der Waals surface area contributed by atoms with Gasteiger partial charge in [-0.1, -0.05) is 0 Å². The predicted molar refractivity (Wildman–Crippen MR) is 70.6 cm³/mol. The van der Waals surface area contributed by atoms with Crippen molar-refractivity contribution >= 4 is 19.7 Å². The molecular weight excluding hydrogens is 295 g/mol. The molecule has 4 nitrogen and oxygen atoms in total. The summed E-state index contributed by atoms with van der Waals surface area (Å²) in [7, 11) is 1.16. The summed E-state index contributed by atoms with van der Waals surface area (Å²) in [6.07, 6.45) is 0. The van der Waals surface area contributed by atoms with Crippen LogP contribution in [0, 0.1) is 5.82 Å². The van der Waals surface area contributed by atoms with E-state index in [4.69, 9.17) is 20.2 Å². The lowest BCUT2D eigenvalue weighted by atomic mass is 10.2. The molecule has 0 radical (unpaired) electrons. The third-order valence-corrected chi connectivity index (χ3v) is 3.39. The van der Waals surface area contributed by atoms with Crippen LogP contribution in [0.3, 0.4) is 0 Å². The van der Waals surface area contributed by atoms with Gasteiger partial charge in [-0.05, 0) is 39.0 Å². The van der Waals surface area contributed by atoms with Gasteiger partial charge in [0.1, 0.15) is 23.1 Å². The van der Waals surface area contributed by atoms with E-state index in [1.807, 2.05) is 20.8 Å². The molecule has 0 heterocycles. The van der Waals surface area contributed by atoms with Crippen molar-refractivity contribution in [1.82, 2.24) is 0 Å². The third-order valence-electron chi connectivity index (χ3n) is 2.04. The minimum atomic E-state index is -4.06. The number of benzene rings is 1. The minimum Gasteiger partial charge on any atom is -0.490 e. The van der Waals surface area contributed by atoms with Crippen LogP contribution in [0.1, 0.15) is 20.8 Å². The van der Waals surface area contributed by atoms with Gasteiger partial charge in [-0.15, -0.1) is 0 Å². The SMILES string of the molecule is CC(C)(C)OCCOc1ccc(F)cc1S(=O)(=O)Cl. The summed E-state index contributed by atoms with van der Waals surface area (Å²) in [6.45, 7) is 6.09. The largest absolute Gasteiger partial charge is 0.490 e. The van der Waals surface area contributed by atoms with Crippen LogP contribution in [-0.4, -0.2) is 27.2 Å². The molecule has 108 valence electrons. The number of hydrogen-bond donors (Lipinski definition) is 0. The molecule has 0 N–H and O–H groups in total. The van der Waals surface area contributed by atoms with E-state index in [1.165, 1.54) is 6.07 Å². The summed E-state index contributed by atoms with van der Waals surface area (Å²) in [4.78, 5) is -0.384. The number of hydrogen-bond acceptors (Lipinski definition) is 4. The van der Waals surface area contributed by atoms with E-state index in [2.05, 4.69) is 0 Å². The zero-order valence-electron chi connectivity index (χ0n) is 10.9. The standard InChI is InChI=1S/C12H16ClFO4S/c1-12(2,3)18-7-6-17-10-5-4-9(14)8-11(10)19(13,15)16/h4-5,8H,6-7H2,1-3H3. The average Bonchev–Trinajstić information content (AvgIpc) is 2.23. The Bertz CT molecular complexity index is 537. The van der Waals surface area contributed by atoms with Crippen LogP contribution in [0.2, 0.25) is 0 Å². The van der Waals surface area contributed by atoms with Gasteiger partial charge >= 0.3 is 0 Å². The molecule has 0 aliphatic carbocycles. The summed E-state index contributed by atoms with van der Waals surface area (Å²) >= 11 is 0. The second-order valence-corrected chi connectivity index (χ2v) is 7.37. The number of halogens is 2. The van der Waals surface area contributed by atoms with E-state index in [0.717, 1.165) is 12.1 Å². The van der Waals surface area contributed by atoms with Gasteiger partial charge in [0.15, 0.2) is 0 Å². The van der Waals surface area contributed by atoms with Gasteiger partial charge in [-0.3, -0.25) is 0 Å². The van der Waals surface area contributed by atoms with E-state index < -0.39 is 14.9 Å². The molecule has 0 fully saturated rings. The summed E-state index contributed by atoms with van der Waals surface area (Å²) in [5, 5.41) is 0. The Balaban J connectivity index is 2.74. The third kappa shape index (κ3) is 5.76. The van der Waals surface area contributed by atoms with Crippen LogP contribution in [0.15, 0.2) is 23.1 Å². The number of rotatable bonds is 5. The molecule has 0 saturated carbocycles. The van der Waals surface area contributed by atoms with Crippen LogP contribution >= 0.6 is 10.7 Å². The summed E-state index contributed by atoms with van der Waals surface area (Å²) < 4.78 is 46.3. The fourth-order valence-electron chi connectivity index (χ4n) is 1.29. The summed E-state index contributed by atoms with van der Waals surface area (Å²) in [5.41, 5.74) is -0.312. The van der Waals surface area contributed by atoms with Crippen molar-refractivity contribution in [3.8, 4) is 5.75 Å². The monoisotopic (exact) mass is 310 g/mol. The van der Waals surface area contributed by atoms with Gasteiger partial charge < -0.3 is 9.47 Å². The lowest BCUT2D eigenvalue weighted by Gasteiger charge is -2.19. The first-order valence-electron chi connectivity index (χ1n) is 5.60. The Kier molecular flexibility index (Phi) is 5.18. The Morgan fingerprint density at radius 3 is 2.42 bits per heavy atom. The van der Waals surface area contributed by atoms with Gasteiger partial charge in [0.25, 0.3) is 9.05 Å². The van der Waals surface area contributed by atoms with Crippen molar-refractivity contribution in [2.24, 2.45) is 0 Å². The van der Waals surface area contributed by atoms with Crippen LogP contribution < -0.4 is 4.74 Å². The topological polar surface area (TPSA) is 52.6 Å². The smallest absolute Gasteiger partial charge is 0.265 e. The highest BCUT2D eigenvalue weighted by atomic mass is 35.7. The van der Waals surface area contributed by atoms with Crippen LogP contribution in [0.25, 0.3) is 0 Å². The van der Waals surface area contributed by atoms with Gasteiger partial charge in [0.05, 0.1) is 12.2 Å². The molecule has 0 aliphatic heterocycles. The molecule has 1 aromatic rings. The summed E-state index contributed by atoms with van der Waals surface area (Å²) in [6, 6.07) is 3.15. The van der Waals surface area contributed by atoms with Gasteiger partial charge in [0, 0.05) is 10.7 Å². The highest BCUT2D eigenvalue weighted by Gasteiger charge is 2.18. The zero-order chi connectivity index (χ0) is 14.7. The maximum Gasteiger partial charge on any atom is 0.265 e. The molecule has 1 rings (SSSR count). The van der Waals surface area contributed by atoms with Crippen LogP contribution in [0.5, 0.6) is 5.75 Å². The molecule has 0 aromatic heterocycles. The Labute approximate surface area is 116 Å². The van der Waals surface area contributed by atoms with Crippen molar-refractivity contribution in [2.45, 2.75) is 31.3 Å². The van der Waals surface area contributed by atoms with E-state index >= 15 is 0 Å². The molecule has 0 unspecified atom stereocenters. The fraction of sp³-hybridized carbons (Fsp3) is 0.500. The first kappa shape index (κ1) is 16.2. The quantitative estimate of drug-likeness (QED) is 0.620. The molecule has 0 atom stereocenters. The van der Waals surface area contributed by atoms with Crippen LogP contribution in [0.4, 0.5) is 4.39 Å². The molecule has 0 amide bonds. The lowest BCUT2D eigenvalue weighted by molar-refractivity contribution is -0.0166. The predicted octanol–water partition coefficient (Wildman–Crippen LogP) is 2.95. The Morgan fingerprint density at radius 2 is 1.89 bits per heavy atom. The number of ether oxygens (including phenoxy) is 2. The average molecular weight is 311 g/mol. The van der Waals surface area contributed by atoms with Crippen LogP contribution in [-0.2, 0) is 13.8 Å². The summed E-state index contributed by atoms with van der Waals surface area (Å²) in [5.74, 6) is -0.688. The van der Waals surface area contributed by atoms with Crippen molar-refractivity contribution < 1.29 is 22.3 Å². The van der Waals surface area contributed by atoms with Crippen molar-refractivity contribution in [2.75, 3.05) is 13.2 Å². The second kappa shape index (κ2) is 6.07. The zero-order valence-corrected chi connectivity index (χ0v) is 12.5. The fourth-order valence-corrected chi connectivity index (χ4v) is 2.27. The second-order valence-electron chi connectivity index (χ2n) is 4.84. The molecule has 0 bridgehead atoms. The lowest BCUT2D eigenvalue weighted by Crippen LogP contribution is -2.22. The molecule has 19 heavy (non-hydrogen) atoms. The van der Waals surface area contributed by atoms with Crippen molar-refractivity contribution in [3.63, 3.8) is 0 Å². The molecule has 0 spiro atoms. The van der Waals surface area contributed by atoms with E-state index in [9.17, 15) is 12.8 Å². The van der Waals surface area contributed by atoms with Gasteiger partial charge in [0.2, 0.25) is 0 Å². The normalized spacial score (nSPS) is 12.5. The molecular formula is C12H16ClFO4S. The van der Waals surface area contributed by atoms with Gasteiger partial charge in [-0.2, -0.15) is 0 Å². The van der Waals surface area contributed by atoms with Crippen molar-refractivity contribution in [1.29, 1.82) is 0 Å². The first-order valence-corrected chi connectivity index (χ1v) is 7.91. The molecule has 7 heteroatoms. The Hall–Kier alpha value is -0.850. The van der Waals surface area contributed by atoms with E-state index in [1.54, 1.807) is 0 Å². The van der Waals surface area contributed by atoms with E-state index in [0.29, 0.717) is 0 Å². The minimum absolute atomic E-state index is 0.00825. The maximum absolute atomic E-state index is 13.0. The molecule has 0 aliphatic rings. The Morgan fingerprint density at radius 1 is 1.26 bits per heavy atom. The maximum atomic E-state index is 13.0. The highest BCUT2D eigenvalue weighted by Crippen LogP contribution is 2.27. The first-order chi connectivity index (χ1) is 8.59. The van der Waals surface area contributed by atoms with Gasteiger partial charge in [-0.25, -0.2) is 12.8 Å². The van der Waals surface area contributed by atoms with E-state index in [-0.39, 0.29) is 29.5 Å².